The Morgan fingerprint density at radius 1 is 1.45 bits per heavy atom. The van der Waals surface area contributed by atoms with E-state index in [0.717, 1.165) is 5.56 Å². The van der Waals surface area contributed by atoms with Crippen LogP contribution >= 0.6 is 0 Å². The highest BCUT2D eigenvalue weighted by Gasteiger charge is 2.23. The van der Waals surface area contributed by atoms with Crippen LogP contribution < -0.4 is 5.73 Å². The summed E-state index contributed by atoms with van der Waals surface area (Å²) in [6.07, 6.45) is 3.75. The summed E-state index contributed by atoms with van der Waals surface area (Å²) in [4.78, 5) is 3.90. The number of hydrogen-bond acceptors (Lipinski definition) is 4. The monoisotopic (exact) mass is 298 g/mol. The molecule has 0 aliphatic rings. The van der Waals surface area contributed by atoms with Crippen molar-refractivity contribution < 1.29 is 8.42 Å². The fourth-order valence-electron chi connectivity index (χ4n) is 1.77. The highest BCUT2D eigenvalue weighted by atomic mass is 32.2. The van der Waals surface area contributed by atoms with Gasteiger partial charge in [0, 0.05) is 31.4 Å². The molecule has 1 atom stereocenters. The SMILES string of the molecule is CCN(CC(C)C(=N)N)S(=O)(=O)CCc1ccncc1. The van der Waals surface area contributed by atoms with E-state index >= 15 is 0 Å². The molecule has 0 fully saturated rings. The Kier molecular flexibility index (Phi) is 6.09. The molecule has 0 spiro atoms. The van der Waals surface area contributed by atoms with Crippen LogP contribution in [-0.4, -0.2) is 42.4 Å². The summed E-state index contributed by atoms with van der Waals surface area (Å²) in [5.74, 6) is -0.214. The van der Waals surface area contributed by atoms with Gasteiger partial charge < -0.3 is 5.73 Å². The first-order chi connectivity index (χ1) is 9.36. The van der Waals surface area contributed by atoms with Gasteiger partial charge in [0.25, 0.3) is 0 Å². The van der Waals surface area contributed by atoms with E-state index in [9.17, 15) is 8.42 Å². The molecule has 0 bridgehead atoms. The maximum absolute atomic E-state index is 12.3. The van der Waals surface area contributed by atoms with Crippen molar-refractivity contribution in [2.24, 2.45) is 11.7 Å². The van der Waals surface area contributed by atoms with Gasteiger partial charge in [-0.15, -0.1) is 0 Å². The lowest BCUT2D eigenvalue weighted by molar-refractivity contribution is 0.403. The molecule has 1 unspecified atom stereocenters. The van der Waals surface area contributed by atoms with E-state index in [4.69, 9.17) is 11.1 Å². The fourth-order valence-corrected chi connectivity index (χ4v) is 3.36. The van der Waals surface area contributed by atoms with Crippen LogP contribution in [0.2, 0.25) is 0 Å². The molecular weight excluding hydrogens is 276 g/mol. The summed E-state index contributed by atoms with van der Waals surface area (Å²) in [6, 6.07) is 3.62. The average molecular weight is 298 g/mol. The lowest BCUT2D eigenvalue weighted by Gasteiger charge is -2.23. The van der Waals surface area contributed by atoms with Crippen LogP contribution in [0.5, 0.6) is 0 Å². The molecule has 1 aromatic rings. The molecule has 0 saturated carbocycles. The summed E-state index contributed by atoms with van der Waals surface area (Å²) >= 11 is 0. The smallest absolute Gasteiger partial charge is 0.214 e. The van der Waals surface area contributed by atoms with E-state index in [-0.39, 0.29) is 24.1 Å². The predicted molar refractivity (Wildman–Crippen MR) is 80.1 cm³/mol. The van der Waals surface area contributed by atoms with Gasteiger partial charge in [-0.1, -0.05) is 13.8 Å². The predicted octanol–water partition coefficient (Wildman–Crippen LogP) is 0.848. The first kappa shape index (κ1) is 16.6. The lowest BCUT2D eigenvalue weighted by atomic mass is 10.1. The summed E-state index contributed by atoms with van der Waals surface area (Å²) in [5.41, 5.74) is 6.35. The Morgan fingerprint density at radius 2 is 2.05 bits per heavy atom. The van der Waals surface area contributed by atoms with Crippen LogP contribution in [0.3, 0.4) is 0 Å². The van der Waals surface area contributed by atoms with Gasteiger partial charge in [-0.2, -0.15) is 0 Å². The van der Waals surface area contributed by atoms with Gasteiger partial charge in [-0.3, -0.25) is 10.4 Å². The molecule has 1 aromatic heterocycles. The zero-order valence-electron chi connectivity index (χ0n) is 11.9. The minimum absolute atomic E-state index is 0.00721. The minimum atomic E-state index is -3.34. The number of nitrogens with one attached hydrogen (secondary N) is 1. The molecule has 0 radical (unpaired) electrons. The van der Waals surface area contributed by atoms with Crippen molar-refractivity contribution in [3.8, 4) is 0 Å². The van der Waals surface area contributed by atoms with Gasteiger partial charge in [-0.25, -0.2) is 12.7 Å². The zero-order chi connectivity index (χ0) is 15.2. The Labute approximate surface area is 120 Å². The maximum atomic E-state index is 12.3. The molecule has 7 heteroatoms. The van der Waals surface area contributed by atoms with Crippen molar-refractivity contribution in [1.82, 2.24) is 9.29 Å². The highest BCUT2D eigenvalue weighted by Crippen LogP contribution is 2.09. The standard InChI is InChI=1S/C13H22N4O2S/c1-3-17(10-11(2)13(14)15)20(18,19)9-6-12-4-7-16-8-5-12/h4-5,7-8,11H,3,6,9-10H2,1-2H3,(H3,14,15). The first-order valence-corrected chi connectivity index (χ1v) is 8.18. The summed E-state index contributed by atoms with van der Waals surface area (Å²) < 4.78 is 26.0. The molecule has 1 heterocycles. The number of amidine groups is 1. The summed E-state index contributed by atoms with van der Waals surface area (Å²) in [5, 5.41) is 7.36. The Morgan fingerprint density at radius 3 is 2.55 bits per heavy atom. The van der Waals surface area contributed by atoms with Crippen LogP contribution in [0.4, 0.5) is 0 Å². The van der Waals surface area contributed by atoms with Gasteiger partial charge in [0.05, 0.1) is 11.6 Å². The van der Waals surface area contributed by atoms with Crippen molar-refractivity contribution in [3.05, 3.63) is 30.1 Å². The van der Waals surface area contributed by atoms with E-state index in [1.165, 1.54) is 4.31 Å². The quantitative estimate of drug-likeness (QED) is 0.549. The van der Waals surface area contributed by atoms with Crippen molar-refractivity contribution in [3.63, 3.8) is 0 Å². The highest BCUT2D eigenvalue weighted by molar-refractivity contribution is 7.89. The van der Waals surface area contributed by atoms with Gasteiger partial charge in [0.2, 0.25) is 10.0 Å². The number of rotatable bonds is 8. The molecule has 0 saturated heterocycles. The van der Waals surface area contributed by atoms with Gasteiger partial charge in [0.1, 0.15) is 0 Å². The van der Waals surface area contributed by atoms with E-state index in [1.807, 2.05) is 12.1 Å². The first-order valence-electron chi connectivity index (χ1n) is 6.57. The maximum Gasteiger partial charge on any atom is 0.214 e. The number of sulfonamides is 1. The van der Waals surface area contributed by atoms with Crippen LogP contribution in [0.15, 0.2) is 24.5 Å². The minimum Gasteiger partial charge on any atom is -0.387 e. The van der Waals surface area contributed by atoms with Crippen LogP contribution in [-0.2, 0) is 16.4 Å². The fraction of sp³-hybridized carbons (Fsp3) is 0.538. The van der Waals surface area contributed by atoms with Gasteiger partial charge in [-0.05, 0) is 24.1 Å². The van der Waals surface area contributed by atoms with E-state index in [2.05, 4.69) is 4.98 Å². The lowest BCUT2D eigenvalue weighted by Crippen LogP contribution is -2.39. The van der Waals surface area contributed by atoms with Crippen molar-refractivity contribution in [1.29, 1.82) is 5.41 Å². The van der Waals surface area contributed by atoms with Crippen molar-refractivity contribution in [2.75, 3.05) is 18.8 Å². The molecule has 3 N–H and O–H groups in total. The van der Waals surface area contributed by atoms with E-state index in [1.54, 1.807) is 26.2 Å². The average Bonchev–Trinajstić information content (AvgIpc) is 2.43. The van der Waals surface area contributed by atoms with Gasteiger partial charge >= 0.3 is 0 Å². The Balaban J connectivity index is 2.67. The number of nitrogens with zero attached hydrogens (tertiary/aromatic N) is 2. The third kappa shape index (κ3) is 4.90. The normalized spacial score (nSPS) is 13.3. The molecule has 0 aliphatic carbocycles. The molecule has 20 heavy (non-hydrogen) atoms. The van der Waals surface area contributed by atoms with Crippen LogP contribution in [0, 0.1) is 11.3 Å². The number of nitrogens with two attached hydrogens (primary N) is 1. The molecule has 112 valence electrons. The van der Waals surface area contributed by atoms with E-state index in [0.29, 0.717) is 13.0 Å². The topological polar surface area (TPSA) is 100 Å². The van der Waals surface area contributed by atoms with Crippen LogP contribution in [0.1, 0.15) is 19.4 Å². The third-order valence-electron chi connectivity index (χ3n) is 3.15. The molecule has 0 aromatic carbocycles. The number of aromatic nitrogens is 1. The number of hydrogen-bond donors (Lipinski definition) is 2. The van der Waals surface area contributed by atoms with Gasteiger partial charge in [0.15, 0.2) is 0 Å². The number of aryl methyl sites for hydroxylation is 1. The Bertz CT molecular complexity index is 531. The van der Waals surface area contributed by atoms with Crippen LogP contribution in [0.25, 0.3) is 0 Å². The molecular formula is C13H22N4O2S. The summed E-state index contributed by atoms with van der Waals surface area (Å²) in [6.45, 7) is 4.18. The van der Waals surface area contributed by atoms with Crippen molar-refractivity contribution in [2.45, 2.75) is 20.3 Å². The molecule has 0 aliphatic heterocycles. The number of pyridine rings is 1. The second-order valence-electron chi connectivity index (χ2n) is 4.73. The molecule has 1 rings (SSSR count). The molecule has 0 amide bonds. The molecule has 6 nitrogen and oxygen atoms in total. The second kappa shape index (κ2) is 7.35. The summed E-state index contributed by atoms with van der Waals surface area (Å²) in [7, 11) is -3.34. The van der Waals surface area contributed by atoms with E-state index < -0.39 is 10.0 Å². The largest absolute Gasteiger partial charge is 0.387 e. The zero-order valence-corrected chi connectivity index (χ0v) is 12.7. The third-order valence-corrected chi connectivity index (χ3v) is 5.07. The Hall–Kier alpha value is -1.47. The van der Waals surface area contributed by atoms with Crippen molar-refractivity contribution >= 4 is 15.9 Å². The second-order valence-corrected chi connectivity index (χ2v) is 6.82.